The molecule has 2 fully saturated rings. The van der Waals surface area contributed by atoms with Crippen LogP contribution < -0.4 is 5.32 Å². The van der Waals surface area contributed by atoms with Crippen LogP contribution in [0, 0.1) is 12.8 Å². The van der Waals surface area contributed by atoms with Gasteiger partial charge in [0.2, 0.25) is 5.95 Å². The van der Waals surface area contributed by atoms with E-state index in [1.807, 2.05) is 43.6 Å². The van der Waals surface area contributed by atoms with Gasteiger partial charge in [0.15, 0.2) is 11.6 Å². The fraction of sp³-hybridized carbons (Fsp3) is 0.360. The third-order valence-electron chi connectivity index (χ3n) is 6.67. The summed E-state index contributed by atoms with van der Waals surface area (Å²) in [6.07, 6.45) is 8.06. The van der Waals surface area contributed by atoms with Crippen molar-refractivity contribution < 1.29 is 9.90 Å². The molecule has 174 valence electrons. The van der Waals surface area contributed by atoms with Gasteiger partial charge in [-0.1, -0.05) is 0 Å². The largest absolute Gasteiger partial charge is 0.392 e. The minimum Gasteiger partial charge on any atom is -0.392 e. The molecule has 1 aromatic carbocycles. The summed E-state index contributed by atoms with van der Waals surface area (Å²) in [4.78, 5) is 27.1. The van der Waals surface area contributed by atoms with Crippen molar-refractivity contribution in [3.63, 3.8) is 0 Å². The third kappa shape index (κ3) is 4.08. The van der Waals surface area contributed by atoms with Crippen molar-refractivity contribution in [1.82, 2.24) is 29.6 Å². The van der Waals surface area contributed by atoms with Gasteiger partial charge in [0.1, 0.15) is 0 Å². The number of fused-ring (bicyclic) bond motifs is 1. The highest BCUT2D eigenvalue weighted by molar-refractivity contribution is 6.10. The number of hydrogen-bond acceptors (Lipinski definition) is 7. The molecule has 3 N–H and O–H groups in total. The topological polar surface area (TPSA) is 112 Å². The number of aliphatic hydroxyl groups excluding tert-OH is 1. The molecule has 4 heterocycles. The fourth-order valence-corrected chi connectivity index (χ4v) is 4.60. The van der Waals surface area contributed by atoms with Crippen LogP contribution in [0.5, 0.6) is 0 Å². The molecule has 4 aromatic rings. The van der Waals surface area contributed by atoms with Crippen LogP contribution >= 0.6 is 0 Å². The van der Waals surface area contributed by atoms with Gasteiger partial charge in [0, 0.05) is 77.9 Å². The van der Waals surface area contributed by atoms with Crippen LogP contribution in [0.4, 0.5) is 11.6 Å². The van der Waals surface area contributed by atoms with E-state index in [9.17, 15) is 9.90 Å². The molecule has 3 aromatic heterocycles. The zero-order chi connectivity index (χ0) is 23.2. The van der Waals surface area contributed by atoms with Crippen molar-refractivity contribution in [1.29, 1.82) is 0 Å². The predicted octanol–water partition coefficient (Wildman–Crippen LogP) is 3.35. The number of carbonyl (C=O) groups is 1. The summed E-state index contributed by atoms with van der Waals surface area (Å²) in [5.74, 6) is 1.52. The molecular weight excluding hydrogens is 430 g/mol. The zero-order valence-corrected chi connectivity index (χ0v) is 19.0. The quantitative estimate of drug-likeness (QED) is 0.365. The van der Waals surface area contributed by atoms with Gasteiger partial charge in [-0.15, -0.1) is 0 Å². The Kier molecular flexibility index (Phi) is 5.15. The van der Waals surface area contributed by atoms with E-state index >= 15 is 0 Å². The molecule has 0 spiro atoms. The number of anilines is 2. The molecule has 1 aliphatic carbocycles. The van der Waals surface area contributed by atoms with Gasteiger partial charge < -0.3 is 15.4 Å². The van der Waals surface area contributed by atoms with E-state index in [0.29, 0.717) is 18.3 Å². The maximum absolute atomic E-state index is 12.6. The van der Waals surface area contributed by atoms with Crippen LogP contribution in [-0.4, -0.2) is 59.7 Å². The average molecular weight is 458 g/mol. The van der Waals surface area contributed by atoms with Crippen molar-refractivity contribution in [2.24, 2.45) is 5.92 Å². The van der Waals surface area contributed by atoms with Gasteiger partial charge in [0.05, 0.1) is 11.8 Å². The normalized spacial score (nSPS) is 18.6. The minimum atomic E-state index is -0.237. The van der Waals surface area contributed by atoms with Crippen LogP contribution in [0.1, 0.15) is 40.9 Å². The molecule has 9 heteroatoms. The van der Waals surface area contributed by atoms with Crippen molar-refractivity contribution in [3.05, 3.63) is 59.7 Å². The Bertz CT molecular complexity index is 1370. The Hall–Kier alpha value is -3.56. The Morgan fingerprint density at radius 1 is 1.26 bits per heavy atom. The van der Waals surface area contributed by atoms with Crippen LogP contribution in [0.3, 0.4) is 0 Å². The number of aryl methyl sites for hydroxylation is 1. The summed E-state index contributed by atoms with van der Waals surface area (Å²) in [6, 6.07) is 7.70. The number of aliphatic hydroxyl groups is 1. The number of likely N-dealkylation sites (tertiary alicyclic amines) is 1. The Morgan fingerprint density at radius 3 is 2.94 bits per heavy atom. The van der Waals surface area contributed by atoms with E-state index in [0.717, 1.165) is 65.8 Å². The van der Waals surface area contributed by atoms with Crippen molar-refractivity contribution in [3.8, 4) is 5.82 Å². The smallest absolute Gasteiger partial charge is 0.229 e. The van der Waals surface area contributed by atoms with Gasteiger partial charge in [-0.05, 0) is 44.4 Å². The molecule has 0 unspecified atom stereocenters. The second-order valence-electron chi connectivity index (χ2n) is 9.33. The summed E-state index contributed by atoms with van der Waals surface area (Å²) >= 11 is 0. The number of benzene rings is 1. The van der Waals surface area contributed by atoms with Crippen LogP contribution in [0.2, 0.25) is 0 Å². The van der Waals surface area contributed by atoms with Crippen LogP contribution in [0.25, 0.3) is 16.7 Å². The SMILES string of the molecule is Cc1nn(-c2ccnc(Nc3ccc4[nH]cc(C(=O)C5CC5)c4c3)n2)cc1CN1CC[C@@H](O)C1. The lowest BCUT2D eigenvalue weighted by Gasteiger charge is -2.13. The molecule has 6 rings (SSSR count). The van der Waals surface area contributed by atoms with Gasteiger partial charge in [-0.25, -0.2) is 9.67 Å². The number of β-amino-alcohol motifs (C(OH)–C–C–N with tert-alkyl or cyclic N) is 1. The van der Waals surface area contributed by atoms with E-state index in [4.69, 9.17) is 0 Å². The molecule has 1 saturated heterocycles. The molecule has 0 amide bonds. The first-order valence-electron chi connectivity index (χ1n) is 11.7. The van der Waals surface area contributed by atoms with Gasteiger partial charge in [-0.2, -0.15) is 10.1 Å². The first-order chi connectivity index (χ1) is 16.5. The Balaban J connectivity index is 1.22. The van der Waals surface area contributed by atoms with E-state index in [1.165, 1.54) is 0 Å². The van der Waals surface area contributed by atoms with E-state index in [2.05, 4.69) is 30.3 Å². The standard InChI is InChI=1S/C25H27N7O2/c1-15-17(12-31-9-7-19(33)14-31)13-32(30-15)23-6-8-26-25(29-23)28-18-4-5-22-20(10-18)21(11-27-22)24(34)16-2-3-16/h4-6,8,10-11,13,16,19,27,33H,2-3,7,9,12,14H2,1H3,(H,26,28,29)/t19-/m1/s1. The molecule has 1 atom stereocenters. The summed E-state index contributed by atoms with van der Waals surface area (Å²) in [6.45, 7) is 4.35. The average Bonchev–Trinajstić information content (AvgIpc) is 3.32. The molecule has 2 aliphatic rings. The highest BCUT2D eigenvalue weighted by atomic mass is 16.3. The second-order valence-corrected chi connectivity index (χ2v) is 9.33. The lowest BCUT2D eigenvalue weighted by molar-refractivity contribution is 0.0969. The van der Waals surface area contributed by atoms with Crippen molar-refractivity contribution in [2.75, 3.05) is 18.4 Å². The molecule has 34 heavy (non-hydrogen) atoms. The Labute approximate surface area is 196 Å². The number of nitrogens with one attached hydrogen (secondary N) is 2. The molecule has 1 saturated carbocycles. The monoisotopic (exact) mass is 457 g/mol. The van der Waals surface area contributed by atoms with E-state index in [-0.39, 0.29) is 17.8 Å². The highest BCUT2D eigenvalue weighted by Crippen LogP contribution is 2.35. The number of nitrogens with zero attached hydrogens (tertiary/aromatic N) is 5. The van der Waals surface area contributed by atoms with Crippen LogP contribution in [-0.2, 0) is 6.54 Å². The number of aromatic nitrogens is 5. The summed E-state index contributed by atoms with van der Waals surface area (Å²) < 4.78 is 1.77. The lowest BCUT2D eigenvalue weighted by atomic mass is 10.1. The number of carbonyl (C=O) groups excluding carboxylic acids is 1. The maximum Gasteiger partial charge on any atom is 0.229 e. The summed E-state index contributed by atoms with van der Waals surface area (Å²) in [5, 5.41) is 18.6. The first-order valence-corrected chi connectivity index (χ1v) is 11.7. The number of Topliss-reactive ketones (excluding diaryl/α,β-unsaturated/α-hetero) is 1. The first kappa shape index (κ1) is 21.0. The lowest BCUT2D eigenvalue weighted by Crippen LogP contribution is -2.21. The predicted molar refractivity (Wildman–Crippen MR) is 128 cm³/mol. The molecule has 0 bridgehead atoms. The number of hydrogen-bond donors (Lipinski definition) is 3. The molecular formula is C25H27N7O2. The Morgan fingerprint density at radius 2 is 2.15 bits per heavy atom. The van der Waals surface area contributed by atoms with Crippen molar-refractivity contribution in [2.45, 2.75) is 38.8 Å². The van der Waals surface area contributed by atoms with Gasteiger partial charge >= 0.3 is 0 Å². The van der Waals surface area contributed by atoms with Gasteiger partial charge in [0.25, 0.3) is 0 Å². The summed E-state index contributed by atoms with van der Waals surface area (Å²) in [7, 11) is 0. The summed E-state index contributed by atoms with van der Waals surface area (Å²) in [5.41, 5.74) is 4.57. The number of ketones is 1. The van der Waals surface area contributed by atoms with E-state index < -0.39 is 0 Å². The number of aromatic amines is 1. The highest BCUT2D eigenvalue weighted by Gasteiger charge is 2.31. The van der Waals surface area contributed by atoms with Crippen molar-refractivity contribution >= 4 is 28.3 Å². The second kappa shape index (κ2) is 8.34. The fourth-order valence-electron chi connectivity index (χ4n) is 4.60. The van der Waals surface area contributed by atoms with E-state index in [1.54, 1.807) is 10.9 Å². The molecule has 1 aliphatic heterocycles. The molecule has 9 nitrogen and oxygen atoms in total. The van der Waals surface area contributed by atoms with Gasteiger partial charge in [-0.3, -0.25) is 9.69 Å². The number of H-pyrrole nitrogens is 1. The maximum atomic E-state index is 12.6. The number of rotatable bonds is 7. The van der Waals surface area contributed by atoms with Crippen LogP contribution in [0.15, 0.2) is 42.9 Å². The molecule has 0 radical (unpaired) electrons. The zero-order valence-electron chi connectivity index (χ0n) is 19.0. The third-order valence-corrected chi connectivity index (χ3v) is 6.67. The minimum absolute atomic E-state index is 0.175.